The van der Waals surface area contributed by atoms with E-state index in [0.29, 0.717) is 11.3 Å². The maximum atomic E-state index is 12.1. The predicted molar refractivity (Wildman–Crippen MR) is 81.2 cm³/mol. The number of aromatic nitrogens is 1. The molecule has 0 aromatic carbocycles. The molecule has 2 N–H and O–H groups in total. The van der Waals surface area contributed by atoms with Gasteiger partial charge in [-0.15, -0.1) is 0 Å². The smallest absolute Gasteiger partial charge is 0.270 e. The van der Waals surface area contributed by atoms with Crippen LogP contribution in [-0.2, 0) is 0 Å². The van der Waals surface area contributed by atoms with Gasteiger partial charge in [0.05, 0.1) is 0 Å². The number of hydrogen-bond donors (Lipinski definition) is 2. The largest absolute Gasteiger partial charge is 0.350 e. The molecule has 1 unspecified atom stereocenters. The van der Waals surface area contributed by atoms with Crippen LogP contribution in [0.25, 0.3) is 0 Å². The standard InChI is InChI=1S/C16H23N3O2/c1-3-11(2)18-15(20)12-8-9-17-14(10-12)16(21)19-13-6-4-5-7-13/h8-11,13H,3-7H2,1-2H3,(H,18,20)(H,19,21). The highest BCUT2D eigenvalue weighted by atomic mass is 16.2. The SMILES string of the molecule is CCC(C)NC(=O)c1ccnc(C(=O)NC2CCCC2)c1. The highest BCUT2D eigenvalue weighted by Gasteiger charge is 2.19. The van der Waals surface area contributed by atoms with Gasteiger partial charge >= 0.3 is 0 Å². The Balaban J connectivity index is 2.02. The molecule has 5 heteroatoms. The monoisotopic (exact) mass is 289 g/mol. The predicted octanol–water partition coefficient (Wildman–Crippen LogP) is 2.28. The van der Waals surface area contributed by atoms with Crippen molar-refractivity contribution in [3.63, 3.8) is 0 Å². The zero-order chi connectivity index (χ0) is 15.2. The molecule has 2 amide bonds. The van der Waals surface area contributed by atoms with E-state index in [1.54, 1.807) is 12.1 Å². The van der Waals surface area contributed by atoms with E-state index < -0.39 is 0 Å². The van der Waals surface area contributed by atoms with Gasteiger partial charge in [0.2, 0.25) is 0 Å². The molecule has 1 fully saturated rings. The van der Waals surface area contributed by atoms with Crippen molar-refractivity contribution < 1.29 is 9.59 Å². The number of amides is 2. The molecule has 1 atom stereocenters. The Hall–Kier alpha value is -1.91. The number of carbonyl (C=O) groups is 2. The fraction of sp³-hybridized carbons (Fsp3) is 0.562. The number of nitrogens with one attached hydrogen (secondary N) is 2. The second kappa shape index (κ2) is 7.20. The van der Waals surface area contributed by atoms with E-state index in [2.05, 4.69) is 15.6 Å². The number of carbonyl (C=O) groups excluding carboxylic acids is 2. The molecule has 5 nitrogen and oxygen atoms in total. The van der Waals surface area contributed by atoms with Gasteiger partial charge in [-0.2, -0.15) is 0 Å². The van der Waals surface area contributed by atoms with E-state index in [9.17, 15) is 9.59 Å². The third-order valence-electron chi connectivity index (χ3n) is 3.94. The summed E-state index contributed by atoms with van der Waals surface area (Å²) in [6, 6.07) is 3.55. The molecule has 114 valence electrons. The molecule has 0 radical (unpaired) electrons. The molecule has 1 aromatic rings. The minimum Gasteiger partial charge on any atom is -0.350 e. The van der Waals surface area contributed by atoms with Crippen molar-refractivity contribution in [2.75, 3.05) is 0 Å². The van der Waals surface area contributed by atoms with Crippen molar-refractivity contribution in [2.24, 2.45) is 0 Å². The van der Waals surface area contributed by atoms with Crippen LogP contribution in [0.4, 0.5) is 0 Å². The lowest BCUT2D eigenvalue weighted by Crippen LogP contribution is -2.34. The number of nitrogens with zero attached hydrogens (tertiary/aromatic N) is 1. The van der Waals surface area contributed by atoms with E-state index in [-0.39, 0.29) is 23.9 Å². The van der Waals surface area contributed by atoms with Gasteiger partial charge in [-0.3, -0.25) is 14.6 Å². The first-order valence-corrected chi connectivity index (χ1v) is 7.68. The Morgan fingerprint density at radius 3 is 2.71 bits per heavy atom. The Bertz CT molecular complexity index is 510. The van der Waals surface area contributed by atoms with Gasteiger partial charge in [0, 0.05) is 23.8 Å². The second-order valence-corrected chi connectivity index (χ2v) is 5.67. The summed E-state index contributed by atoms with van der Waals surface area (Å²) in [5.41, 5.74) is 0.778. The second-order valence-electron chi connectivity index (χ2n) is 5.67. The van der Waals surface area contributed by atoms with Crippen LogP contribution in [0.3, 0.4) is 0 Å². The summed E-state index contributed by atoms with van der Waals surface area (Å²) in [5, 5.41) is 5.87. The lowest BCUT2D eigenvalue weighted by atomic mass is 10.1. The van der Waals surface area contributed by atoms with E-state index in [4.69, 9.17) is 0 Å². The molecule has 1 aliphatic carbocycles. The Morgan fingerprint density at radius 1 is 1.33 bits per heavy atom. The fourth-order valence-corrected chi connectivity index (χ4v) is 2.43. The van der Waals surface area contributed by atoms with E-state index in [1.807, 2.05) is 13.8 Å². The van der Waals surface area contributed by atoms with Crippen LogP contribution in [0.2, 0.25) is 0 Å². The Kier molecular flexibility index (Phi) is 5.31. The summed E-state index contributed by atoms with van der Waals surface area (Å²) in [6.07, 6.45) is 6.76. The van der Waals surface area contributed by atoms with Crippen LogP contribution in [0.1, 0.15) is 66.8 Å². The zero-order valence-electron chi connectivity index (χ0n) is 12.7. The van der Waals surface area contributed by atoms with Crippen LogP contribution in [0.5, 0.6) is 0 Å². The van der Waals surface area contributed by atoms with Crippen molar-refractivity contribution in [1.29, 1.82) is 0 Å². The molecule has 0 saturated heterocycles. The highest BCUT2D eigenvalue weighted by Crippen LogP contribution is 2.18. The molecule has 1 aliphatic rings. The van der Waals surface area contributed by atoms with Crippen LogP contribution in [0.15, 0.2) is 18.3 Å². The summed E-state index contributed by atoms with van der Waals surface area (Å²) in [4.78, 5) is 28.3. The van der Waals surface area contributed by atoms with Gasteiger partial charge in [0.15, 0.2) is 0 Å². The van der Waals surface area contributed by atoms with E-state index >= 15 is 0 Å². The van der Waals surface area contributed by atoms with E-state index in [0.717, 1.165) is 32.1 Å². The Morgan fingerprint density at radius 2 is 2.05 bits per heavy atom. The van der Waals surface area contributed by atoms with Crippen molar-refractivity contribution >= 4 is 11.8 Å². The van der Waals surface area contributed by atoms with Gasteiger partial charge < -0.3 is 10.6 Å². The minimum atomic E-state index is -0.194. The number of hydrogen-bond acceptors (Lipinski definition) is 3. The molecule has 0 spiro atoms. The maximum Gasteiger partial charge on any atom is 0.270 e. The molecule has 21 heavy (non-hydrogen) atoms. The van der Waals surface area contributed by atoms with Gasteiger partial charge in [-0.1, -0.05) is 19.8 Å². The Labute approximate surface area is 125 Å². The fourth-order valence-electron chi connectivity index (χ4n) is 2.43. The van der Waals surface area contributed by atoms with Gasteiger partial charge in [0.25, 0.3) is 11.8 Å². The van der Waals surface area contributed by atoms with Crippen molar-refractivity contribution in [3.05, 3.63) is 29.6 Å². The summed E-state index contributed by atoms with van der Waals surface area (Å²) < 4.78 is 0. The van der Waals surface area contributed by atoms with Crippen LogP contribution in [-0.4, -0.2) is 28.9 Å². The molecular weight excluding hydrogens is 266 g/mol. The van der Waals surface area contributed by atoms with Gasteiger partial charge in [0.1, 0.15) is 5.69 Å². The first-order valence-electron chi connectivity index (χ1n) is 7.68. The van der Waals surface area contributed by atoms with Crippen molar-refractivity contribution in [3.8, 4) is 0 Å². The summed E-state index contributed by atoms with van der Waals surface area (Å²) in [6.45, 7) is 3.96. The van der Waals surface area contributed by atoms with Crippen LogP contribution in [0, 0.1) is 0 Å². The van der Waals surface area contributed by atoms with Gasteiger partial charge in [-0.05, 0) is 38.3 Å². The average Bonchev–Trinajstić information content (AvgIpc) is 3.00. The van der Waals surface area contributed by atoms with Gasteiger partial charge in [-0.25, -0.2) is 0 Å². The zero-order valence-corrected chi connectivity index (χ0v) is 12.7. The van der Waals surface area contributed by atoms with Crippen molar-refractivity contribution in [2.45, 2.75) is 58.0 Å². The summed E-state index contributed by atoms with van der Waals surface area (Å²) >= 11 is 0. The quantitative estimate of drug-likeness (QED) is 0.873. The lowest BCUT2D eigenvalue weighted by Gasteiger charge is -2.13. The first kappa shape index (κ1) is 15.5. The minimum absolute atomic E-state index is 0.112. The number of pyridine rings is 1. The lowest BCUT2D eigenvalue weighted by molar-refractivity contribution is 0.0933. The molecule has 0 aliphatic heterocycles. The summed E-state index contributed by atoms with van der Waals surface area (Å²) in [7, 11) is 0. The molecule has 1 heterocycles. The molecule has 1 aromatic heterocycles. The summed E-state index contributed by atoms with van der Waals surface area (Å²) in [5.74, 6) is -0.359. The molecule has 2 rings (SSSR count). The first-order chi connectivity index (χ1) is 10.1. The van der Waals surface area contributed by atoms with Crippen molar-refractivity contribution in [1.82, 2.24) is 15.6 Å². The van der Waals surface area contributed by atoms with Crippen LogP contribution >= 0.6 is 0 Å². The highest BCUT2D eigenvalue weighted by molar-refractivity contribution is 5.98. The molecule has 1 saturated carbocycles. The van der Waals surface area contributed by atoms with E-state index in [1.165, 1.54) is 6.20 Å². The average molecular weight is 289 g/mol. The topological polar surface area (TPSA) is 71.1 Å². The third-order valence-corrected chi connectivity index (χ3v) is 3.94. The normalized spacial score (nSPS) is 16.5. The number of rotatable bonds is 5. The molecule has 0 bridgehead atoms. The molecular formula is C16H23N3O2. The van der Waals surface area contributed by atoms with Crippen LogP contribution < -0.4 is 10.6 Å². The maximum absolute atomic E-state index is 12.1. The third kappa shape index (κ3) is 4.28.